The van der Waals surface area contributed by atoms with E-state index in [4.69, 9.17) is 0 Å². The number of hydrogen-bond donors (Lipinski definition) is 3. The Kier molecular flexibility index (Phi) is 6.11. The van der Waals surface area contributed by atoms with Gasteiger partial charge in [0.25, 0.3) is 0 Å². The average Bonchev–Trinajstić information content (AvgIpc) is 3.53. The maximum Gasteiger partial charge on any atom is 0.247 e. The summed E-state index contributed by atoms with van der Waals surface area (Å²) >= 11 is 0. The normalized spacial score (nSPS) is 19.0. The number of amides is 1. The average molecular weight is 397 g/mol. The smallest absolute Gasteiger partial charge is 0.247 e. The molecule has 1 atom stereocenters. The van der Waals surface area contributed by atoms with Gasteiger partial charge in [-0.2, -0.15) is 0 Å². The second-order valence-electron chi connectivity index (χ2n) is 8.12. The van der Waals surface area contributed by atoms with E-state index in [1.807, 2.05) is 12.1 Å². The van der Waals surface area contributed by atoms with Crippen LogP contribution >= 0.6 is 0 Å². The van der Waals surface area contributed by atoms with Gasteiger partial charge in [0.1, 0.15) is 11.9 Å². The van der Waals surface area contributed by atoms with Crippen LogP contribution in [-0.4, -0.2) is 41.1 Å². The highest BCUT2D eigenvalue weighted by atomic mass is 19.1. The van der Waals surface area contributed by atoms with Crippen molar-refractivity contribution in [2.75, 3.05) is 18.4 Å². The fraction of sp³-hybridized carbons (Fsp3) is 0.435. The summed E-state index contributed by atoms with van der Waals surface area (Å²) in [4.78, 5) is 15.2. The molecule has 2 aromatic carbocycles. The predicted molar refractivity (Wildman–Crippen MR) is 111 cm³/mol. The lowest BCUT2D eigenvalue weighted by atomic mass is 10.0. The van der Waals surface area contributed by atoms with Gasteiger partial charge in [-0.15, -0.1) is 0 Å². The minimum Gasteiger partial charge on any atom is -0.393 e. The van der Waals surface area contributed by atoms with Gasteiger partial charge in [0, 0.05) is 31.4 Å². The van der Waals surface area contributed by atoms with Gasteiger partial charge in [0.2, 0.25) is 5.91 Å². The number of carbonyl (C=O) groups is 1. The zero-order valence-corrected chi connectivity index (χ0v) is 16.5. The molecule has 4 rings (SSSR count). The maximum atomic E-state index is 13.4. The third-order valence-electron chi connectivity index (χ3n) is 5.59. The molecule has 2 aromatic rings. The van der Waals surface area contributed by atoms with Gasteiger partial charge in [-0.05, 0) is 61.1 Å². The zero-order chi connectivity index (χ0) is 20.2. The van der Waals surface area contributed by atoms with Crippen LogP contribution in [0.2, 0.25) is 0 Å². The Balaban J connectivity index is 1.47. The molecule has 1 aliphatic carbocycles. The van der Waals surface area contributed by atoms with E-state index in [-0.39, 0.29) is 23.9 Å². The van der Waals surface area contributed by atoms with E-state index in [1.165, 1.54) is 12.1 Å². The second kappa shape index (κ2) is 8.93. The number of carbonyl (C=O) groups excluding carboxylic acids is 1. The van der Waals surface area contributed by atoms with Gasteiger partial charge < -0.3 is 15.7 Å². The van der Waals surface area contributed by atoms with Crippen LogP contribution in [0.1, 0.15) is 42.9 Å². The van der Waals surface area contributed by atoms with Crippen LogP contribution in [0.4, 0.5) is 10.1 Å². The largest absolute Gasteiger partial charge is 0.393 e. The molecule has 0 aromatic heterocycles. The Hall–Kier alpha value is -2.44. The van der Waals surface area contributed by atoms with Crippen molar-refractivity contribution in [3.05, 3.63) is 65.5 Å². The number of nitrogens with zero attached hydrogens (tertiary/aromatic N) is 1. The van der Waals surface area contributed by atoms with E-state index in [1.54, 1.807) is 12.1 Å². The van der Waals surface area contributed by atoms with E-state index in [0.717, 1.165) is 62.1 Å². The van der Waals surface area contributed by atoms with Crippen LogP contribution < -0.4 is 10.6 Å². The van der Waals surface area contributed by atoms with E-state index >= 15 is 0 Å². The molecular formula is C23H28FN3O2. The SMILES string of the molecule is O=C(NC1CC1)C(Nc1cccc(CN2CCC(O)CC2)c1)c1ccc(F)cc1. The Morgan fingerprint density at radius 3 is 2.52 bits per heavy atom. The number of benzene rings is 2. The molecule has 1 heterocycles. The molecule has 1 saturated carbocycles. The molecule has 1 unspecified atom stereocenters. The molecule has 1 aliphatic heterocycles. The highest BCUT2D eigenvalue weighted by molar-refractivity contribution is 5.86. The molecule has 3 N–H and O–H groups in total. The first-order valence-corrected chi connectivity index (χ1v) is 10.4. The Morgan fingerprint density at radius 2 is 1.83 bits per heavy atom. The van der Waals surface area contributed by atoms with Crippen LogP contribution in [0.3, 0.4) is 0 Å². The summed E-state index contributed by atoms with van der Waals surface area (Å²) in [5.74, 6) is -0.404. The summed E-state index contributed by atoms with van der Waals surface area (Å²) in [5, 5.41) is 16.1. The standard InChI is InChI=1S/C23H28FN3O2/c24-18-6-4-17(5-7-18)22(23(29)26-19-8-9-19)25-20-3-1-2-16(14-20)15-27-12-10-21(28)11-13-27/h1-7,14,19,21-22,25,28H,8-13,15H2,(H,26,29). The third kappa shape index (κ3) is 5.55. The number of piperidine rings is 1. The number of nitrogens with one attached hydrogen (secondary N) is 2. The molecule has 6 heteroatoms. The van der Waals surface area contributed by atoms with Gasteiger partial charge in [0.05, 0.1) is 6.10 Å². The Labute approximate surface area is 170 Å². The first kappa shape index (κ1) is 19.9. The highest BCUT2D eigenvalue weighted by Gasteiger charge is 2.28. The van der Waals surface area contributed by atoms with E-state index in [0.29, 0.717) is 0 Å². The molecule has 5 nitrogen and oxygen atoms in total. The number of rotatable bonds is 7. The van der Waals surface area contributed by atoms with Gasteiger partial charge in [-0.25, -0.2) is 4.39 Å². The lowest BCUT2D eigenvalue weighted by molar-refractivity contribution is -0.122. The van der Waals surface area contributed by atoms with E-state index < -0.39 is 6.04 Å². The molecule has 2 aliphatic rings. The molecule has 0 bridgehead atoms. The molecular weight excluding hydrogens is 369 g/mol. The van der Waals surface area contributed by atoms with E-state index in [2.05, 4.69) is 27.7 Å². The van der Waals surface area contributed by atoms with Crippen molar-refractivity contribution < 1.29 is 14.3 Å². The second-order valence-corrected chi connectivity index (χ2v) is 8.12. The summed E-state index contributed by atoms with van der Waals surface area (Å²) in [7, 11) is 0. The zero-order valence-electron chi connectivity index (χ0n) is 16.5. The Bertz CT molecular complexity index is 830. The van der Waals surface area contributed by atoms with Crippen molar-refractivity contribution >= 4 is 11.6 Å². The fourth-order valence-electron chi connectivity index (χ4n) is 3.73. The van der Waals surface area contributed by atoms with Crippen LogP contribution in [0.15, 0.2) is 48.5 Å². The molecule has 1 saturated heterocycles. The van der Waals surface area contributed by atoms with Gasteiger partial charge in [0.15, 0.2) is 0 Å². The van der Waals surface area contributed by atoms with Crippen molar-refractivity contribution in [3.63, 3.8) is 0 Å². The maximum absolute atomic E-state index is 13.4. The Morgan fingerprint density at radius 1 is 1.10 bits per heavy atom. The number of anilines is 1. The van der Waals surface area contributed by atoms with Crippen molar-refractivity contribution in [2.45, 2.75) is 50.4 Å². The van der Waals surface area contributed by atoms with Gasteiger partial charge >= 0.3 is 0 Å². The molecule has 0 spiro atoms. The van der Waals surface area contributed by atoms with Crippen molar-refractivity contribution in [1.29, 1.82) is 0 Å². The lowest BCUT2D eigenvalue weighted by Gasteiger charge is -2.29. The molecule has 1 amide bonds. The summed E-state index contributed by atoms with van der Waals surface area (Å²) in [6.07, 6.45) is 3.47. The number of halogens is 1. The third-order valence-corrected chi connectivity index (χ3v) is 5.59. The van der Waals surface area contributed by atoms with Crippen molar-refractivity contribution in [3.8, 4) is 0 Å². The van der Waals surface area contributed by atoms with Crippen LogP contribution in [-0.2, 0) is 11.3 Å². The molecule has 154 valence electrons. The lowest BCUT2D eigenvalue weighted by Crippen LogP contribution is -2.35. The predicted octanol–water partition coefficient (Wildman–Crippen LogP) is 3.21. The van der Waals surface area contributed by atoms with E-state index in [9.17, 15) is 14.3 Å². The highest BCUT2D eigenvalue weighted by Crippen LogP contribution is 2.25. The van der Waals surface area contributed by atoms with Crippen LogP contribution in [0, 0.1) is 5.82 Å². The molecule has 0 radical (unpaired) electrons. The summed E-state index contributed by atoms with van der Waals surface area (Å²) in [6, 6.07) is 13.8. The first-order chi connectivity index (χ1) is 14.1. The summed E-state index contributed by atoms with van der Waals surface area (Å²) < 4.78 is 13.4. The van der Waals surface area contributed by atoms with Crippen molar-refractivity contribution in [1.82, 2.24) is 10.2 Å². The van der Waals surface area contributed by atoms with Crippen molar-refractivity contribution in [2.24, 2.45) is 0 Å². The van der Waals surface area contributed by atoms with Gasteiger partial charge in [-0.1, -0.05) is 24.3 Å². The topological polar surface area (TPSA) is 64.6 Å². The fourth-order valence-corrected chi connectivity index (χ4v) is 3.73. The monoisotopic (exact) mass is 397 g/mol. The quantitative estimate of drug-likeness (QED) is 0.671. The minimum absolute atomic E-state index is 0.0884. The first-order valence-electron chi connectivity index (χ1n) is 10.4. The van der Waals surface area contributed by atoms with Crippen LogP contribution in [0.5, 0.6) is 0 Å². The molecule has 2 fully saturated rings. The van der Waals surface area contributed by atoms with Crippen LogP contribution in [0.25, 0.3) is 0 Å². The summed E-state index contributed by atoms with van der Waals surface area (Å²) in [5.41, 5.74) is 2.76. The number of aliphatic hydroxyl groups is 1. The number of aliphatic hydroxyl groups excluding tert-OH is 1. The number of hydrogen-bond acceptors (Lipinski definition) is 4. The number of likely N-dealkylation sites (tertiary alicyclic amines) is 1. The minimum atomic E-state index is -0.573. The van der Waals surface area contributed by atoms with Gasteiger partial charge in [-0.3, -0.25) is 9.69 Å². The molecule has 29 heavy (non-hydrogen) atoms. The summed E-state index contributed by atoms with van der Waals surface area (Å²) in [6.45, 7) is 2.60.